The molecule has 0 aromatic carbocycles. The molecule has 0 saturated carbocycles. The molecule has 1 fully saturated rings. The summed E-state index contributed by atoms with van der Waals surface area (Å²) in [6.07, 6.45) is 39.2. The van der Waals surface area contributed by atoms with E-state index in [0.717, 1.165) is 39.0 Å². The van der Waals surface area contributed by atoms with Gasteiger partial charge in [-0.05, 0) is 72.0 Å². The summed E-state index contributed by atoms with van der Waals surface area (Å²) in [7, 11) is 4.31. The van der Waals surface area contributed by atoms with E-state index in [4.69, 9.17) is 9.47 Å². The zero-order chi connectivity index (χ0) is 28.3. The Morgan fingerprint density at radius 2 is 1.03 bits per heavy atom. The minimum absolute atomic E-state index is 0.300. The molecular formula is C36H69NO2. The van der Waals surface area contributed by atoms with Gasteiger partial charge in [-0.1, -0.05) is 122 Å². The van der Waals surface area contributed by atoms with Crippen LogP contribution in [0.5, 0.6) is 0 Å². The van der Waals surface area contributed by atoms with E-state index in [1.54, 1.807) is 0 Å². The summed E-state index contributed by atoms with van der Waals surface area (Å²) in [6, 6.07) is 0. The van der Waals surface area contributed by atoms with Gasteiger partial charge in [0.15, 0.2) is 5.79 Å². The average molecular weight is 548 g/mol. The lowest BCUT2D eigenvalue weighted by molar-refractivity contribution is -0.290. The number of hydrogen-bond donors (Lipinski definition) is 0. The van der Waals surface area contributed by atoms with E-state index in [1.165, 1.54) is 128 Å². The Kier molecular flexibility index (Phi) is 24.5. The number of ether oxygens (including phenoxy) is 2. The molecule has 0 amide bonds. The summed E-state index contributed by atoms with van der Waals surface area (Å²) in [6.45, 7) is 7.45. The Hall–Kier alpha value is -0.640. The second-order valence-corrected chi connectivity index (χ2v) is 12.5. The second-order valence-electron chi connectivity index (χ2n) is 12.5. The molecule has 0 aromatic heterocycles. The predicted molar refractivity (Wildman–Crippen MR) is 172 cm³/mol. The SMILES string of the molecule is CCCCC/C=C\C/C=C\CCCCCCCCC1(CCCCCCCCCC)OCC(CCN(C)C)CO1. The molecule has 0 aromatic rings. The molecule has 3 nitrogen and oxygen atoms in total. The first-order chi connectivity index (χ1) is 19.1. The van der Waals surface area contributed by atoms with Gasteiger partial charge in [-0.15, -0.1) is 0 Å². The molecular weight excluding hydrogens is 478 g/mol. The van der Waals surface area contributed by atoms with Gasteiger partial charge in [0.1, 0.15) is 0 Å². The van der Waals surface area contributed by atoms with Gasteiger partial charge in [-0.2, -0.15) is 0 Å². The average Bonchev–Trinajstić information content (AvgIpc) is 2.94. The summed E-state index contributed by atoms with van der Waals surface area (Å²) in [5, 5.41) is 0. The van der Waals surface area contributed by atoms with E-state index in [1.807, 2.05) is 0 Å². The third kappa shape index (κ3) is 21.7. The Morgan fingerprint density at radius 1 is 0.590 bits per heavy atom. The molecule has 230 valence electrons. The summed E-state index contributed by atoms with van der Waals surface area (Å²) < 4.78 is 13.1. The van der Waals surface area contributed by atoms with E-state index in [0.29, 0.717) is 5.92 Å². The largest absolute Gasteiger partial charge is 0.350 e. The standard InChI is InChI=1S/C36H69NO2/c1-5-7-9-11-13-15-16-17-18-19-20-21-22-24-26-28-31-36(30-27-25-23-14-12-10-8-6-2)38-33-35(34-39-36)29-32-37(3)4/h13,15,17-18,35H,5-12,14,16,19-34H2,1-4H3/b15-13-,18-17-. The highest BCUT2D eigenvalue weighted by atomic mass is 16.7. The molecule has 0 spiro atoms. The van der Waals surface area contributed by atoms with Crippen molar-refractivity contribution in [3.05, 3.63) is 24.3 Å². The molecule has 0 radical (unpaired) electrons. The lowest BCUT2D eigenvalue weighted by Crippen LogP contribution is -2.44. The minimum atomic E-state index is -0.300. The Balaban J connectivity index is 2.19. The van der Waals surface area contributed by atoms with Crippen LogP contribution in [0.15, 0.2) is 24.3 Å². The highest BCUT2D eigenvalue weighted by Gasteiger charge is 2.36. The normalized spacial score (nSPS) is 20.2. The smallest absolute Gasteiger partial charge is 0.168 e. The van der Waals surface area contributed by atoms with Crippen molar-refractivity contribution in [2.75, 3.05) is 33.9 Å². The zero-order valence-electron chi connectivity index (χ0n) is 27.0. The molecule has 1 rings (SSSR count). The summed E-state index contributed by atoms with van der Waals surface area (Å²) in [4.78, 5) is 2.27. The van der Waals surface area contributed by atoms with Crippen LogP contribution in [0, 0.1) is 5.92 Å². The molecule has 1 heterocycles. The first kappa shape index (κ1) is 36.4. The van der Waals surface area contributed by atoms with Crippen molar-refractivity contribution in [1.29, 1.82) is 0 Å². The lowest BCUT2D eigenvalue weighted by atomic mass is 9.96. The fourth-order valence-corrected chi connectivity index (χ4v) is 5.56. The molecule has 0 bridgehead atoms. The Morgan fingerprint density at radius 3 is 1.54 bits per heavy atom. The van der Waals surface area contributed by atoms with Gasteiger partial charge in [0.25, 0.3) is 0 Å². The molecule has 0 atom stereocenters. The van der Waals surface area contributed by atoms with Gasteiger partial charge < -0.3 is 14.4 Å². The van der Waals surface area contributed by atoms with Crippen molar-refractivity contribution in [1.82, 2.24) is 4.90 Å². The molecule has 1 saturated heterocycles. The minimum Gasteiger partial charge on any atom is -0.350 e. The molecule has 0 unspecified atom stereocenters. The molecule has 1 aliphatic heterocycles. The maximum absolute atomic E-state index is 6.54. The van der Waals surface area contributed by atoms with Gasteiger partial charge in [0, 0.05) is 18.8 Å². The van der Waals surface area contributed by atoms with Gasteiger partial charge in [0.05, 0.1) is 13.2 Å². The molecule has 0 aliphatic carbocycles. The number of allylic oxidation sites excluding steroid dienone is 4. The van der Waals surface area contributed by atoms with Crippen molar-refractivity contribution in [2.45, 2.75) is 167 Å². The van der Waals surface area contributed by atoms with E-state index < -0.39 is 0 Å². The van der Waals surface area contributed by atoms with Crippen LogP contribution >= 0.6 is 0 Å². The van der Waals surface area contributed by atoms with E-state index in [9.17, 15) is 0 Å². The predicted octanol–water partition coefficient (Wildman–Crippen LogP) is 11.0. The van der Waals surface area contributed by atoms with E-state index >= 15 is 0 Å². The van der Waals surface area contributed by atoms with Crippen LogP contribution < -0.4 is 0 Å². The lowest BCUT2D eigenvalue weighted by Gasteiger charge is -2.41. The maximum atomic E-state index is 6.54. The van der Waals surface area contributed by atoms with E-state index in [2.05, 4.69) is 57.1 Å². The van der Waals surface area contributed by atoms with Crippen molar-refractivity contribution >= 4 is 0 Å². The summed E-state index contributed by atoms with van der Waals surface area (Å²) >= 11 is 0. The fraction of sp³-hybridized carbons (Fsp3) is 0.889. The molecule has 1 aliphatic rings. The zero-order valence-corrected chi connectivity index (χ0v) is 27.0. The summed E-state index contributed by atoms with van der Waals surface area (Å²) in [5.41, 5.74) is 0. The Labute approximate surface area is 245 Å². The van der Waals surface area contributed by atoms with Crippen LogP contribution in [0.2, 0.25) is 0 Å². The summed E-state index contributed by atoms with van der Waals surface area (Å²) in [5.74, 6) is 0.251. The first-order valence-electron chi connectivity index (χ1n) is 17.3. The molecule has 3 heteroatoms. The number of rotatable bonds is 27. The highest BCUT2D eigenvalue weighted by Crippen LogP contribution is 2.33. The van der Waals surface area contributed by atoms with Crippen LogP contribution in [-0.4, -0.2) is 44.5 Å². The van der Waals surface area contributed by atoms with Gasteiger partial charge in [-0.25, -0.2) is 0 Å². The maximum Gasteiger partial charge on any atom is 0.168 e. The Bertz CT molecular complexity index is 562. The second kappa shape index (κ2) is 26.3. The highest BCUT2D eigenvalue weighted by molar-refractivity contribution is 4.92. The number of unbranched alkanes of at least 4 members (excludes halogenated alkanes) is 16. The molecule has 0 N–H and O–H groups in total. The third-order valence-electron chi connectivity index (χ3n) is 8.32. The van der Waals surface area contributed by atoms with Crippen LogP contribution in [-0.2, 0) is 9.47 Å². The van der Waals surface area contributed by atoms with Gasteiger partial charge in [0.2, 0.25) is 0 Å². The monoisotopic (exact) mass is 548 g/mol. The number of nitrogens with zero attached hydrogens (tertiary/aromatic N) is 1. The number of hydrogen-bond acceptors (Lipinski definition) is 3. The van der Waals surface area contributed by atoms with Crippen molar-refractivity contribution in [3.8, 4) is 0 Å². The van der Waals surface area contributed by atoms with Gasteiger partial charge in [-0.3, -0.25) is 0 Å². The third-order valence-corrected chi connectivity index (χ3v) is 8.32. The van der Waals surface area contributed by atoms with E-state index in [-0.39, 0.29) is 5.79 Å². The van der Waals surface area contributed by atoms with Crippen molar-refractivity contribution in [2.24, 2.45) is 5.92 Å². The van der Waals surface area contributed by atoms with Gasteiger partial charge >= 0.3 is 0 Å². The van der Waals surface area contributed by atoms with Crippen LogP contribution in [0.3, 0.4) is 0 Å². The topological polar surface area (TPSA) is 21.7 Å². The van der Waals surface area contributed by atoms with Crippen molar-refractivity contribution in [3.63, 3.8) is 0 Å². The van der Waals surface area contributed by atoms with Crippen molar-refractivity contribution < 1.29 is 9.47 Å². The molecule has 39 heavy (non-hydrogen) atoms. The fourth-order valence-electron chi connectivity index (χ4n) is 5.56. The quantitative estimate of drug-likeness (QED) is 0.0754. The first-order valence-corrected chi connectivity index (χ1v) is 17.3. The van der Waals surface area contributed by atoms with Crippen LogP contribution in [0.4, 0.5) is 0 Å². The van der Waals surface area contributed by atoms with Crippen LogP contribution in [0.25, 0.3) is 0 Å². The van der Waals surface area contributed by atoms with Crippen LogP contribution in [0.1, 0.15) is 162 Å².